The minimum atomic E-state index is 0.0128. The summed E-state index contributed by atoms with van der Waals surface area (Å²) in [5.74, 6) is 0.677. The van der Waals surface area contributed by atoms with Crippen molar-refractivity contribution in [1.82, 2.24) is 4.98 Å². The van der Waals surface area contributed by atoms with Crippen molar-refractivity contribution in [3.05, 3.63) is 46.8 Å². The van der Waals surface area contributed by atoms with Crippen molar-refractivity contribution >= 4 is 29.2 Å². The Labute approximate surface area is 108 Å². The van der Waals surface area contributed by atoms with Gasteiger partial charge < -0.3 is 10.2 Å². The van der Waals surface area contributed by atoms with E-state index >= 15 is 0 Å². The summed E-state index contributed by atoms with van der Waals surface area (Å²) in [6.07, 6.45) is 3.13. The molecule has 0 aliphatic rings. The largest absolute Gasteiger partial charge is 0.440 e. The highest BCUT2D eigenvalue weighted by Gasteiger charge is 2.06. The Morgan fingerprint density at radius 2 is 2.35 bits per heavy atom. The summed E-state index contributed by atoms with van der Waals surface area (Å²) in [4.78, 5) is 4.01. The van der Waals surface area contributed by atoms with Gasteiger partial charge in [0.15, 0.2) is 0 Å². The van der Waals surface area contributed by atoms with Gasteiger partial charge in [-0.25, -0.2) is 4.98 Å². The van der Waals surface area contributed by atoms with E-state index in [1.54, 1.807) is 18.3 Å². The van der Waals surface area contributed by atoms with Crippen LogP contribution < -0.4 is 5.73 Å². The highest BCUT2D eigenvalue weighted by molar-refractivity contribution is 7.98. The molecule has 0 unspecified atom stereocenters. The molecule has 0 amide bonds. The van der Waals surface area contributed by atoms with Gasteiger partial charge in [-0.1, -0.05) is 35.5 Å². The van der Waals surface area contributed by atoms with Crippen LogP contribution in [0.1, 0.15) is 11.1 Å². The molecule has 2 rings (SSSR count). The van der Waals surface area contributed by atoms with E-state index in [-0.39, 0.29) is 5.84 Å². The molecule has 0 bridgehead atoms. The number of nitrogens with zero attached hydrogens (tertiary/aromatic N) is 1. The first-order valence-corrected chi connectivity index (χ1v) is 6.18. The minimum absolute atomic E-state index is 0.0128. The van der Waals surface area contributed by atoms with E-state index in [0.717, 1.165) is 5.56 Å². The molecule has 0 saturated carbocycles. The number of halogens is 1. The molecule has 0 fully saturated rings. The van der Waals surface area contributed by atoms with Crippen LogP contribution in [0.5, 0.6) is 0 Å². The van der Waals surface area contributed by atoms with Crippen molar-refractivity contribution in [1.29, 1.82) is 5.41 Å². The van der Waals surface area contributed by atoms with Crippen LogP contribution in [0, 0.1) is 5.41 Å². The molecule has 4 nitrogen and oxygen atoms in total. The van der Waals surface area contributed by atoms with Gasteiger partial charge in [0.2, 0.25) is 0 Å². The van der Waals surface area contributed by atoms with Crippen molar-refractivity contribution in [2.75, 3.05) is 0 Å². The van der Waals surface area contributed by atoms with E-state index in [2.05, 4.69) is 4.98 Å². The molecule has 0 spiro atoms. The summed E-state index contributed by atoms with van der Waals surface area (Å²) in [7, 11) is 0. The Morgan fingerprint density at radius 1 is 1.53 bits per heavy atom. The van der Waals surface area contributed by atoms with Crippen molar-refractivity contribution in [3.63, 3.8) is 0 Å². The Hall–Kier alpha value is -1.46. The van der Waals surface area contributed by atoms with E-state index in [1.807, 2.05) is 6.07 Å². The van der Waals surface area contributed by atoms with Crippen LogP contribution in [-0.2, 0) is 5.75 Å². The second-order valence-electron chi connectivity index (χ2n) is 3.31. The highest BCUT2D eigenvalue weighted by Crippen LogP contribution is 2.26. The number of thioether (sulfide) groups is 1. The van der Waals surface area contributed by atoms with Crippen LogP contribution in [0.4, 0.5) is 0 Å². The Bertz CT molecular complexity index is 528. The maximum absolute atomic E-state index is 7.31. The van der Waals surface area contributed by atoms with E-state index in [1.165, 1.54) is 18.0 Å². The van der Waals surface area contributed by atoms with Crippen molar-refractivity contribution in [3.8, 4) is 0 Å². The zero-order chi connectivity index (χ0) is 12.3. The molecular formula is C11H10ClN3OS. The molecule has 0 aliphatic carbocycles. The molecule has 3 N–H and O–H groups in total. The standard InChI is InChI=1S/C11H10ClN3OS/c12-9-5-7(10(13)14)1-2-8(9)6-17-11-15-3-4-16-11/h1-5H,6H2,(H3,13,14). The topological polar surface area (TPSA) is 75.9 Å². The van der Waals surface area contributed by atoms with Gasteiger partial charge in [-0.15, -0.1) is 0 Å². The lowest BCUT2D eigenvalue weighted by Gasteiger charge is -2.04. The van der Waals surface area contributed by atoms with Crippen LogP contribution in [-0.4, -0.2) is 10.8 Å². The number of nitrogens with one attached hydrogen (secondary N) is 1. The monoisotopic (exact) mass is 267 g/mol. The smallest absolute Gasteiger partial charge is 0.255 e. The number of rotatable bonds is 4. The van der Waals surface area contributed by atoms with E-state index in [4.69, 9.17) is 27.2 Å². The highest BCUT2D eigenvalue weighted by atomic mass is 35.5. The zero-order valence-electron chi connectivity index (χ0n) is 8.81. The lowest BCUT2D eigenvalue weighted by molar-refractivity contribution is 0.454. The van der Waals surface area contributed by atoms with Crippen LogP contribution in [0.2, 0.25) is 5.02 Å². The fourth-order valence-electron chi connectivity index (χ4n) is 1.25. The Kier molecular flexibility index (Phi) is 3.71. The number of benzene rings is 1. The van der Waals surface area contributed by atoms with Gasteiger partial charge in [0, 0.05) is 16.3 Å². The van der Waals surface area contributed by atoms with Gasteiger partial charge >= 0.3 is 0 Å². The lowest BCUT2D eigenvalue weighted by atomic mass is 10.1. The van der Waals surface area contributed by atoms with Gasteiger partial charge in [-0.2, -0.15) is 0 Å². The first-order chi connectivity index (χ1) is 8.16. The molecule has 1 heterocycles. The molecule has 88 valence electrons. The average molecular weight is 268 g/mol. The molecule has 2 aromatic rings. The molecule has 0 radical (unpaired) electrons. The maximum Gasteiger partial charge on any atom is 0.255 e. The van der Waals surface area contributed by atoms with Gasteiger partial charge in [-0.05, 0) is 11.6 Å². The summed E-state index contributed by atoms with van der Waals surface area (Å²) >= 11 is 7.56. The lowest BCUT2D eigenvalue weighted by Crippen LogP contribution is -2.10. The van der Waals surface area contributed by atoms with Crippen LogP contribution >= 0.6 is 23.4 Å². The third kappa shape index (κ3) is 3.01. The van der Waals surface area contributed by atoms with Crippen molar-refractivity contribution < 1.29 is 4.42 Å². The van der Waals surface area contributed by atoms with E-state index in [9.17, 15) is 0 Å². The van der Waals surface area contributed by atoms with Crippen LogP contribution in [0.3, 0.4) is 0 Å². The number of hydrogen-bond donors (Lipinski definition) is 2. The van der Waals surface area contributed by atoms with Crippen molar-refractivity contribution in [2.45, 2.75) is 11.0 Å². The average Bonchev–Trinajstić information content (AvgIpc) is 2.80. The van der Waals surface area contributed by atoms with Gasteiger partial charge in [0.25, 0.3) is 5.22 Å². The number of nitrogen functional groups attached to an aromatic ring is 1. The second kappa shape index (κ2) is 5.25. The van der Waals surface area contributed by atoms with Gasteiger partial charge in [-0.3, -0.25) is 5.41 Å². The summed E-state index contributed by atoms with van der Waals surface area (Å²) in [5.41, 5.74) is 6.96. The Morgan fingerprint density at radius 3 is 2.94 bits per heavy atom. The van der Waals surface area contributed by atoms with Gasteiger partial charge in [0.1, 0.15) is 12.1 Å². The molecule has 6 heteroatoms. The number of aromatic nitrogens is 1. The van der Waals surface area contributed by atoms with E-state index < -0.39 is 0 Å². The molecule has 0 aliphatic heterocycles. The fourth-order valence-corrected chi connectivity index (χ4v) is 2.37. The molecule has 1 aromatic heterocycles. The minimum Gasteiger partial charge on any atom is -0.440 e. The van der Waals surface area contributed by atoms with E-state index in [0.29, 0.717) is 21.6 Å². The predicted octanol–water partition coefficient (Wildman–Crippen LogP) is 2.90. The normalized spacial score (nSPS) is 10.4. The summed E-state index contributed by atoms with van der Waals surface area (Å²) in [5, 5.41) is 8.51. The van der Waals surface area contributed by atoms with Crippen molar-refractivity contribution in [2.24, 2.45) is 5.73 Å². The molecule has 17 heavy (non-hydrogen) atoms. The molecule has 0 atom stereocenters. The number of oxazole rings is 1. The summed E-state index contributed by atoms with van der Waals surface area (Å²) in [6.45, 7) is 0. The SMILES string of the molecule is N=C(N)c1ccc(CSc2ncco2)c(Cl)c1. The van der Waals surface area contributed by atoms with Gasteiger partial charge in [0.05, 0.1) is 6.20 Å². The Balaban J connectivity index is 2.09. The molecule has 1 aromatic carbocycles. The number of nitrogens with two attached hydrogens (primary N) is 1. The molecule has 0 saturated heterocycles. The number of hydrogen-bond acceptors (Lipinski definition) is 4. The third-order valence-electron chi connectivity index (χ3n) is 2.12. The zero-order valence-corrected chi connectivity index (χ0v) is 10.4. The summed E-state index contributed by atoms with van der Waals surface area (Å²) in [6, 6.07) is 5.32. The second-order valence-corrected chi connectivity index (χ2v) is 4.64. The van der Waals surface area contributed by atoms with Crippen LogP contribution in [0.25, 0.3) is 0 Å². The maximum atomic E-state index is 7.31. The quantitative estimate of drug-likeness (QED) is 0.507. The first kappa shape index (κ1) is 12.0. The fraction of sp³-hybridized carbons (Fsp3) is 0.0909. The third-order valence-corrected chi connectivity index (χ3v) is 3.38. The number of amidine groups is 1. The molecular weight excluding hydrogens is 258 g/mol. The summed E-state index contributed by atoms with van der Waals surface area (Å²) < 4.78 is 5.11. The van der Waals surface area contributed by atoms with Crippen LogP contribution in [0.15, 0.2) is 40.3 Å². The first-order valence-electron chi connectivity index (χ1n) is 4.82. The predicted molar refractivity (Wildman–Crippen MR) is 68.5 cm³/mol.